The molecule has 4 rings (SSSR count). The van der Waals surface area contributed by atoms with Crippen molar-refractivity contribution < 1.29 is 9.72 Å². The first kappa shape index (κ1) is 19.0. The molecule has 2 heterocycles. The highest BCUT2D eigenvalue weighted by molar-refractivity contribution is 6.34. The summed E-state index contributed by atoms with van der Waals surface area (Å²) in [6, 6.07) is 11.1. The molecule has 29 heavy (non-hydrogen) atoms. The molecule has 0 aromatic heterocycles. The molecule has 0 bridgehead atoms. The van der Waals surface area contributed by atoms with Crippen LogP contribution in [0.15, 0.2) is 75.8 Å². The summed E-state index contributed by atoms with van der Waals surface area (Å²) in [5.41, 5.74) is 1.28. The number of amidine groups is 2. The van der Waals surface area contributed by atoms with Gasteiger partial charge in [-0.2, -0.15) is 4.99 Å². The molecule has 0 aliphatic carbocycles. The van der Waals surface area contributed by atoms with Crippen LogP contribution in [0, 0.1) is 10.1 Å². The van der Waals surface area contributed by atoms with Crippen molar-refractivity contribution in [2.75, 3.05) is 0 Å². The van der Waals surface area contributed by atoms with Gasteiger partial charge in [0.1, 0.15) is 5.84 Å². The van der Waals surface area contributed by atoms with Gasteiger partial charge in [0.15, 0.2) is 5.84 Å². The Morgan fingerprint density at radius 3 is 2.76 bits per heavy atom. The number of hydrogen-bond donors (Lipinski definition) is 0. The van der Waals surface area contributed by atoms with Crippen molar-refractivity contribution in [3.63, 3.8) is 0 Å². The van der Waals surface area contributed by atoms with Crippen molar-refractivity contribution in [1.29, 1.82) is 0 Å². The van der Waals surface area contributed by atoms with Crippen molar-refractivity contribution in [1.82, 2.24) is 4.90 Å². The molecule has 0 N–H and O–H groups in total. The molecule has 1 amide bonds. The van der Waals surface area contributed by atoms with Gasteiger partial charge in [-0.1, -0.05) is 47.5 Å². The van der Waals surface area contributed by atoms with Crippen LogP contribution in [0.2, 0.25) is 5.02 Å². The second-order valence-electron chi connectivity index (χ2n) is 6.26. The first-order valence-electron chi connectivity index (χ1n) is 8.48. The molecule has 0 saturated carbocycles. The Bertz CT molecular complexity index is 1170. The second-order valence-corrected chi connectivity index (χ2v) is 7.11. The molecule has 2 aliphatic rings. The number of nitro benzene ring substituents is 1. The van der Waals surface area contributed by atoms with Gasteiger partial charge < -0.3 is 4.90 Å². The molecule has 0 fully saturated rings. The number of carbonyl (C=O) groups is 1. The van der Waals surface area contributed by atoms with E-state index in [-0.39, 0.29) is 22.1 Å². The van der Waals surface area contributed by atoms with Gasteiger partial charge in [-0.15, -0.1) is 0 Å². The number of aliphatic imine (C=N–C) groups is 2. The van der Waals surface area contributed by atoms with Crippen LogP contribution >= 0.6 is 23.2 Å². The van der Waals surface area contributed by atoms with Gasteiger partial charge in [0, 0.05) is 30.4 Å². The maximum Gasteiger partial charge on any atom is 0.280 e. The van der Waals surface area contributed by atoms with Crippen LogP contribution in [0.1, 0.15) is 21.5 Å². The van der Waals surface area contributed by atoms with Crippen molar-refractivity contribution in [3.05, 3.63) is 97.7 Å². The Balaban J connectivity index is 1.83. The lowest BCUT2D eigenvalue weighted by Crippen LogP contribution is -2.25. The number of non-ortho nitro benzene ring substituents is 1. The zero-order chi connectivity index (χ0) is 20.5. The molecule has 7 nitrogen and oxygen atoms in total. The highest BCUT2D eigenvalue weighted by Gasteiger charge is 2.23. The summed E-state index contributed by atoms with van der Waals surface area (Å²) in [4.78, 5) is 33.8. The zero-order valence-electron chi connectivity index (χ0n) is 14.8. The van der Waals surface area contributed by atoms with E-state index in [1.165, 1.54) is 12.1 Å². The predicted octanol–water partition coefficient (Wildman–Crippen LogP) is 4.70. The molecule has 144 valence electrons. The lowest BCUT2D eigenvalue weighted by Gasteiger charge is -2.21. The van der Waals surface area contributed by atoms with E-state index < -0.39 is 10.8 Å². The molecule has 0 spiro atoms. The molecular weight excluding hydrogens is 415 g/mol. The van der Waals surface area contributed by atoms with Gasteiger partial charge in [0.25, 0.3) is 11.6 Å². The van der Waals surface area contributed by atoms with E-state index in [4.69, 9.17) is 23.2 Å². The highest BCUT2D eigenvalue weighted by Crippen LogP contribution is 2.25. The van der Waals surface area contributed by atoms with E-state index in [0.717, 1.165) is 11.6 Å². The van der Waals surface area contributed by atoms with E-state index in [1.807, 2.05) is 29.2 Å². The average molecular weight is 427 g/mol. The van der Waals surface area contributed by atoms with Gasteiger partial charge >= 0.3 is 0 Å². The topological polar surface area (TPSA) is 88.2 Å². The quantitative estimate of drug-likeness (QED) is 0.514. The third kappa shape index (κ3) is 3.83. The first-order chi connectivity index (χ1) is 13.9. The number of fused-ring (bicyclic) bond motifs is 2. The Morgan fingerprint density at radius 2 is 1.97 bits per heavy atom. The number of benzene rings is 2. The smallest absolute Gasteiger partial charge is 0.280 e. The Hall–Kier alpha value is -3.29. The van der Waals surface area contributed by atoms with E-state index >= 15 is 0 Å². The second kappa shape index (κ2) is 7.62. The minimum absolute atomic E-state index is 0.0609. The number of carbonyl (C=O) groups excluding carboxylic acids is 1. The average Bonchev–Trinajstić information content (AvgIpc) is 2.84. The number of halogens is 2. The van der Waals surface area contributed by atoms with Crippen LogP contribution < -0.4 is 0 Å². The molecule has 2 aliphatic heterocycles. The summed E-state index contributed by atoms with van der Waals surface area (Å²) in [7, 11) is 0. The molecule has 9 heteroatoms. The summed E-state index contributed by atoms with van der Waals surface area (Å²) in [6.07, 6.45) is 5.18. The van der Waals surface area contributed by atoms with Gasteiger partial charge in [0.2, 0.25) is 0 Å². The molecule has 2 aromatic rings. The van der Waals surface area contributed by atoms with Crippen LogP contribution in [0.3, 0.4) is 0 Å². The third-order valence-corrected chi connectivity index (χ3v) is 4.94. The standard InChI is InChI=1S/C20H12Cl2N4O3/c21-13-5-8-18-23-19(15-4-2-1-3-12(15)10-25(18)11-13)24-20(27)16-9-14(26(28)29)6-7-17(16)22/h1-9,11H,10H2. The van der Waals surface area contributed by atoms with E-state index in [9.17, 15) is 14.9 Å². The number of amides is 1. The van der Waals surface area contributed by atoms with Gasteiger partial charge in [-0.3, -0.25) is 14.9 Å². The Kier molecular flexibility index (Phi) is 5.00. The molecule has 0 unspecified atom stereocenters. The molecular formula is C20H12Cl2N4O3. The summed E-state index contributed by atoms with van der Waals surface area (Å²) >= 11 is 12.2. The van der Waals surface area contributed by atoms with Crippen LogP contribution in [0.4, 0.5) is 5.69 Å². The van der Waals surface area contributed by atoms with Crippen LogP contribution in [0.25, 0.3) is 0 Å². The molecule has 0 saturated heterocycles. The fourth-order valence-corrected chi connectivity index (χ4v) is 3.38. The fourth-order valence-electron chi connectivity index (χ4n) is 3.00. The largest absolute Gasteiger partial charge is 0.327 e. The third-order valence-electron chi connectivity index (χ3n) is 4.38. The maximum atomic E-state index is 12.8. The van der Waals surface area contributed by atoms with E-state index in [2.05, 4.69) is 9.98 Å². The molecule has 0 radical (unpaired) electrons. The number of allylic oxidation sites excluding steroid dienone is 2. The minimum atomic E-state index is -0.713. The van der Waals surface area contributed by atoms with Crippen LogP contribution in [-0.2, 0) is 6.54 Å². The normalized spacial score (nSPS) is 16.5. The monoisotopic (exact) mass is 426 g/mol. The Labute approximate surface area is 175 Å². The highest BCUT2D eigenvalue weighted by atomic mass is 35.5. The van der Waals surface area contributed by atoms with Crippen LogP contribution in [-0.4, -0.2) is 27.4 Å². The van der Waals surface area contributed by atoms with Crippen molar-refractivity contribution >= 4 is 46.5 Å². The molecule has 2 aromatic carbocycles. The van der Waals surface area contributed by atoms with Crippen molar-refractivity contribution in [3.8, 4) is 0 Å². The van der Waals surface area contributed by atoms with Gasteiger partial charge in [-0.25, -0.2) is 4.99 Å². The lowest BCUT2D eigenvalue weighted by atomic mass is 10.1. The minimum Gasteiger partial charge on any atom is -0.327 e. The summed E-state index contributed by atoms with van der Waals surface area (Å²) in [6.45, 7) is 0.500. The predicted molar refractivity (Wildman–Crippen MR) is 111 cm³/mol. The number of nitro groups is 1. The first-order valence-corrected chi connectivity index (χ1v) is 9.24. The van der Waals surface area contributed by atoms with Crippen molar-refractivity contribution in [2.45, 2.75) is 6.54 Å². The lowest BCUT2D eigenvalue weighted by molar-refractivity contribution is -0.384. The summed E-state index contributed by atoms with van der Waals surface area (Å²) < 4.78 is 0. The van der Waals surface area contributed by atoms with Gasteiger partial charge in [-0.05, 0) is 23.8 Å². The molecule has 0 atom stereocenters. The number of hydrogen-bond acceptors (Lipinski definition) is 4. The summed E-state index contributed by atoms with van der Waals surface area (Å²) in [5.74, 6) is 0.0544. The van der Waals surface area contributed by atoms with E-state index in [1.54, 1.807) is 18.4 Å². The van der Waals surface area contributed by atoms with Gasteiger partial charge in [0.05, 0.1) is 20.5 Å². The maximum absolute atomic E-state index is 12.8. The number of rotatable bonds is 2. The zero-order valence-corrected chi connectivity index (χ0v) is 16.3. The SMILES string of the molecule is O=C(N=C1N=C2C=CC(Cl)=CN2Cc2ccccc21)c1cc([N+](=O)[O-])ccc1Cl. The summed E-state index contributed by atoms with van der Waals surface area (Å²) in [5, 5.41) is 11.7. The van der Waals surface area contributed by atoms with Crippen molar-refractivity contribution in [2.24, 2.45) is 9.98 Å². The number of nitrogens with zero attached hydrogens (tertiary/aromatic N) is 4. The van der Waals surface area contributed by atoms with Crippen LogP contribution in [0.5, 0.6) is 0 Å². The van der Waals surface area contributed by atoms with E-state index in [0.29, 0.717) is 23.0 Å². The Morgan fingerprint density at radius 1 is 1.17 bits per heavy atom. The fraction of sp³-hybridized carbons (Fsp3) is 0.0500.